The molecule has 0 radical (unpaired) electrons. The lowest BCUT2D eigenvalue weighted by molar-refractivity contribution is 0.0600. The molecule has 0 bridgehead atoms. The van der Waals surface area contributed by atoms with Crippen molar-refractivity contribution in [1.29, 1.82) is 0 Å². The predicted octanol–water partition coefficient (Wildman–Crippen LogP) is 3.37. The molecule has 0 heterocycles. The first-order valence-corrected chi connectivity index (χ1v) is 9.20. The second kappa shape index (κ2) is 7.57. The Labute approximate surface area is 147 Å². The lowest BCUT2D eigenvalue weighted by Crippen LogP contribution is -2.15. The topological polar surface area (TPSA) is 81.7 Å². The molecule has 0 aliphatic heterocycles. The van der Waals surface area contributed by atoms with Crippen LogP contribution < -0.4 is 9.46 Å². The Bertz CT molecular complexity index is 875. The van der Waals surface area contributed by atoms with E-state index in [-0.39, 0.29) is 16.6 Å². The van der Waals surface area contributed by atoms with Gasteiger partial charge in [0.15, 0.2) is 0 Å². The molecule has 0 atom stereocenters. The quantitative estimate of drug-likeness (QED) is 0.796. The minimum absolute atomic E-state index is 0.0191. The molecule has 6 nitrogen and oxygen atoms in total. The van der Waals surface area contributed by atoms with Crippen molar-refractivity contribution in [3.63, 3.8) is 0 Å². The second-order valence-electron chi connectivity index (χ2n) is 5.77. The van der Waals surface area contributed by atoms with Gasteiger partial charge in [0.25, 0.3) is 10.0 Å². The smallest absolute Gasteiger partial charge is 0.337 e. The highest BCUT2D eigenvalue weighted by atomic mass is 32.2. The first-order valence-electron chi connectivity index (χ1n) is 7.71. The summed E-state index contributed by atoms with van der Waals surface area (Å²) >= 11 is 0. The van der Waals surface area contributed by atoms with Crippen molar-refractivity contribution in [3.05, 3.63) is 53.6 Å². The summed E-state index contributed by atoms with van der Waals surface area (Å²) in [4.78, 5) is 11.7. The largest absolute Gasteiger partial charge is 0.491 e. The van der Waals surface area contributed by atoms with Gasteiger partial charge in [0, 0.05) is 6.07 Å². The molecule has 0 aromatic heterocycles. The van der Waals surface area contributed by atoms with E-state index in [1.54, 1.807) is 37.3 Å². The molecule has 1 N–H and O–H groups in total. The van der Waals surface area contributed by atoms with Crippen LogP contribution in [-0.2, 0) is 14.8 Å². The molecular formula is C18H21NO5S. The van der Waals surface area contributed by atoms with Gasteiger partial charge in [-0.1, -0.05) is 12.1 Å². The third-order valence-electron chi connectivity index (χ3n) is 3.36. The molecule has 0 aliphatic carbocycles. The van der Waals surface area contributed by atoms with E-state index in [0.717, 1.165) is 0 Å². The Hall–Kier alpha value is -2.54. The van der Waals surface area contributed by atoms with E-state index in [0.29, 0.717) is 17.0 Å². The zero-order valence-corrected chi connectivity index (χ0v) is 15.4. The number of nitrogens with one attached hydrogen (secondary N) is 1. The van der Waals surface area contributed by atoms with Crippen LogP contribution in [0.2, 0.25) is 0 Å². The summed E-state index contributed by atoms with van der Waals surface area (Å²) in [5.41, 5.74) is 1.07. The number of hydrogen-bond donors (Lipinski definition) is 1. The molecule has 7 heteroatoms. The molecule has 0 saturated heterocycles. The Kier molecular flexibility index (Phi) is 5.69. The van der Waals surface area contributed by atoms with E-state index in [1.165, 1.54) is 19.2 Å². The van der Waals surface area contributed by atoms with Crippen LogP contribution in [0.5, 0.6) is 5.75 Å². The third kappa shape index (κ3) is 4.73. The van der Waals surface area contributed by atoms with Crippen LogP contribution in [0.4, 0.5) is 5.69 Å². The van der Waals surface area contributed by atoms with E-state index >= 15 is 0 Å². The molecule has 134 valence electrons. The van der Waals surface area contributed by atoms with E-state index in [2.05, 4.69) is 9.46 Å². The number of carbonyl (C=O) groups excluding carboxylic acids is 1. The normalized spacial score (nSPS) is 11.2. The van der Waals surface area contributed by atoms with Gasteiger partial charge in [-0.2, -0.15) is 0 Å². The summed E-state index contributed by atoms with van der Waals surface area (Å²) in [5.74, 6) is -0.0287. The monoisotopic (exact) mass is 363 g/mol. The number of rotatable bonds is 6. The Balaban J connectivity index is 2.35. The lowest BCUT2D eigenvalue weighted by atomic mass is 10.1. The standard InChI is InChI=1S/C18H21NO5S/c1-12(2)24-16-7-5-6-15(11-16)19-25(21,22)17-10-14(18(20)23-4)9-8-13(17)3/h5-12,19H,1-4H3. The van der Waals surface area contributed by atoms with Crippen LogP contribution in [-0.4, -0.2) is 27.6 Å². The first kappa shape index (κ1) is 18.8. The van der Waals surface area contributed by atoms with Gasteiger partial charge in [0.05, 0.1) is 29.4 Å². The van der Waals surface area contributed by atoms with Gasteiger partial charge in [0.2, 0.25) is 0 Å². The number of hydrogen-bond acceptors (Lipinski definition) is 5. The van der Waals surface area contributed by atoms with Gasteiger partial charge < -0.3 is 9.47 Å². The predicted molar refractivity (Wildman–Crippen MR) is 95.5 cm³/mol. The minimum atomic E-state index is -3.87. The Morgan fingerprint density at radius 1 is 1.12 bits per heavy atom. The summed E-state index contributed by atoms with van der Waals surface area (Å²) in [7, 11) is -2.62. The number of benzene rings is 2. The summed E-state index contributed by atoms with van der Waals surface area (Å²) in [5, 5.41) is 0. The molecule has 2 aromatic rings. The number of sulfonamides is 1. The van der Waals surface area contributed by atoms with Crippen molar-refractivity contribution < 1.29 is 22.7 Å². The fraction of sp³-hybridized carbons (Fsp3) is 0.278. The van der Waals surface area contributed by atoms with Crippen molar-refractivity contribution in [2.24, 2.45) is 0 Å². The zero-order valence-electron chi connectivity index (χ0n) is 14.6. The number of ether oxygens (including phenoxy) is 2. The minimum Gasteiger partial charge on any atom is -0.491 e. The maximum atomic E-state index is 12.7. The van der Waals surface area contributed by atoms with Crippen molar-refractivity contribution in [1.82, 2.24) is 0 Å². The van der Waals surface area contributed by atoms with Crippen LogP contribution >= 0.6 is 0 Å². The van der Waals surface area contributed by atoms with E-state index in [9.17, 15) is 13.2 Å². The second-order valence-corrected chi connectivity index (χ2v) is 7.42. The average Bonchev–Trinajstić information content (AvgIpc) is 2.53. The van der Waals surface area contributed by atoms with Gasteiger partial charge >= 0.3 is 5.97 Å². The summed E-state index contributed by atoms with van der Waals surface area (Å²) < 4.78 is 38.2. The van der Waals surface area contributed by atoms with E-state index < -0.39 is 16.0 Å². The van der Waals surface area contributed by atoms with Gasteiger partial charge in [-0.25, -0.2) is 13.2 Å². The molecule has 0 fully saturated rings. The van der Waals surface area contributed by atoms with Crippen LogP contribution in [0, 0.1) is 6.92 Å². The highest BCUT2D eigenvalue weighted by Gasteiger charge is 2.20. The van der Waals surface area contributed by atoms with Gasteiger partial charge in [0.1, 0.15) is 5.75 Å². The Morgan fingerprint density at radius 2 is 1.84 bits per heavy atom. The van der Waals surface area contributed by atoms with Gasteiger partial charge in [-0.15, -0.1) is 0 Å². The molecule has 0 unspecified atom stereocenters. The summed E-state index contributed by atoms with van der Waals surface area (Å²) in [6, 6.07) is 11.1. The van der Waals surface area contributed by atoms with E-state index in [1.807, 2.05) is 13.8 Å². The Morgan fingerprint density at radius 3 is 2.48 bits per heavy atom. The highest BCUT2D eigenvalue weighted by molar-refractivity contribution is 7.92. The van der Waals surface area contributed by atoms with E-state index in [4.69, 9.17) is 4.74 Å². The van der Waals surface area contributed by atoms with Crippen LogP contribution in [0.1, 0.15) is 29.8 Å². The first-order chi connectivity index (χ1) is 11.7. The molecule has 0 spiro atoms. The van der Waals surface area contributed by atoms with Crippen molar-refractivity contribution in [2.45, 2.75) is 31.8 Å². The molecular weight excluding hydrogens is 342 g/mol. The highest BCUT2D eigenvalue weighted by Crippen LogP contribution is 2.24. The maximum absolute atomic E-state index is 12.7. The molecule has 0 saturated carbocycles. The summed E-state index contributed by atoms with van der Waals surface area (Å²) in [6.45, 7) is 5.44. The fourth-order valence-electron chi connectivity index (χ4n) is 2.25. The third-order valence-corrected chi connectivity index (χ3v) is 4.88. The maximum Gasteiger partial charge on any atom is 0.337 e. The van der Waals surface area contributed by atoms with Crippen molar-refractivity contribution in [3.8, 4) is 5.75 Å². The van der Waals surface area contributed by atoms with Crippen molar-refractivity contribution in [2.75, 3.05) is 11.8 Å². The number of methoxy groups -OCH3 is 1. The number of esters is 1. The summed E-state index contributed by atoms with van der Waals surface area (Å²) in [6.07, 6.45) is -0.0224. The van der Waals surface area contributed by atoms with Crippen LogP contribution in [0.15, 0.2) is 47.4 Å². The fourth-order valence-corrected chi connectivity index (χ4v) is 3.57. The van der Waals surface area contributed by atoms with Gasteiger partial charge in [-0.3, -0.25) is 4.72 Å². The molecule has 0 amide bonds. The average molecular weight is 363 g/mol. The lowest BCUT2D eigenvalue weighted by Gasteiger charge is -2.14. The zero-order chi connectivity index (χ0) is 18.6. The van der Waals surface area contributed by atoms with Gasteiger partial charge in [-0.05, 0) is 50.6 Å². The molecule has 2 rings (SSSR count). The molecule has 2 aromatic carbocycles. The number of anilines is 1. The van der Waals surface area contributed by atoms with Crippen LogP contribution in [0.3, 0.4) is 0 Å². The van der Waals surface area contributed by atoms with Crippen molar-refractivity contribution >= 4 is 21.7 Å². The molecule has 0 aliphatic rings. The number of carbonyl (C=O) groups is 1. The van der Waals surface area contributed by atoms with Crippen LogP contribution in [0.25, 0.3) is 0 Å². The number of aryl methyl sites for hydroxylation is 1. The SMILES string of the molecule is COC(=O)c1ccc(C)c(S(=O)(=O)Nc2cccc(OC(C)C)c2)c1. The molecule has 25 heavy (non-hydrogen) atoms.